The van der Waals surface area contributed by atoms with Gasteiger partial charge < -0.3 is 10.1 Å². The van der Waals surface area contributed by atoms with Gasteiger partial charge in [-0.15, -0.1) is 11.3 Å². The molecule has 132 valence electrons. The van der Waals surface area contributed by atoms with Crippen LogP contribution in [-0.4, -0.2) is 23.8 Å². The zero-order valence-electron chi connectivity index (χ0n) is 13.9. The lowest BCUT2D eigenvalue weighted by Gasteiger charge is -2.13. The maximum atomic E-state index is 12.1. The second kappa shape index (κ2) is 8.78. The highest BCUT2D eigenvalue weighted by atomic mass is 35.5. The molecule has 0 aliphatic heterocycles. The van der Waals surface area contributed by atoms with Crippen LogP contribution in [0.4, 0.5) is 5.69 Å². The van der Waals surface area contributed by atoms with Gasteiger partial charge in [-0.1, -0.05) is 23.7 Å². The van der Waals surface area contributed by atoms with E-state index in [1.165, 1.54) is 18.3 Å². The van der Waals surface area contributed by atoms with E-state index in [9.17, 15) is 14.4 Å². The Morgan fingerprint density at radius 3 is 2.60 bits per heavy atom. The van der Waals surface area contributed by atoms with Crippen LogP contribution in [0.1, 0.15) is 35.0 Å². The molecule has 1 atom stereocenters. The molecule has 1 N–H and O–H groups in total. The molecule has 0 aliphatic rings. The summed E-state index contributed by atoms with van der Waals surface area (Å²) < 4.78 is 5.60. The number of Topliss-reactive ketones (excluding diaryl/α,β-unsaturated/α-hetero) is 1. The minimum atomic E-state index is -0.945. The average Bonchev–Trinajstić information content (AvgIpc) is 2.99. The fourth-order valence-corrected chi connectivity index (χ4v) is 3.09. The molecule has 0 radical (unpaired) electrons. The summed E-state index contributed by atoms with van der Waals surface area (Å²) in [5.41, 5.74) is 1.65. The predicted octanol–water partition coefficient (Wildman–Crippen LogP) is 4.24. The first-order chi connectivity index (χ1) is 11.8. The molecule has 0 fully saturated rings. The first-order valence-electron chi connectivity index (χ1n) is 7.70. The van der Waals surface area contributed by atoms with Crippen molar-refractivity contribution in [2.75, 3.05) is 5.32 Å². The smallest absolute Gasteiger partial charge is 0.307 e. The molecule has 2 rings (SSSR count). The number of aryl methyl sites for hydroxylation is 1. The number of esters is 1. The van der Waals surface area contributed by atoms with Crippen LogP contribution in [0, 0.1) is 6.92 Å². The summed E-state index contributed by atoms with van der Waals surface area (Å²) in [6, 6.07) is 10.6. The summed E-state index contributed by atoms with van der Waals surface area (Å²) in [5.74, 6) is -1.19. The summed E-state index contributed by atoms with van der Waals surface area (Å²) >= 11 is 6.95. The molecule has 1 aromatic carbocycles. The molecule has 7 heteroatoms. The van der Waals surface area contributed by atoms with Gasteiger partial charge in [0, 0.05) is 12.1 Å². The number of benzene rings is 1. The van der Waals surface area contributed by atoms with Gasteiger partial charge >= 0.3 is 5.97 Å². The molecule has 0 saturated carbocycles. The number of hydrogen-bond donors (Lipinski definition) is 1. The number of ketones is 1. The van der Waals surface area contributed by atoms with Crippen LogP contribution in [0.15, 0.2) is 36.4 Å². The number of hydrogen-bond acceptors (Lipinski definition) is 5. The molecule has 0 bridgehead atoms. The van der Waals surface area contributed by atoms with E-state index < -0.39 is 18.0 Å². The number of carbonyl (C=O) groups is 3. The number of ether oxygens (including phenoxy) is 1. The maximum Gasteiger partial charge on any atom is 0.307 e. The minimum Gasteiger partial charge on any atom is -0.453 e. The number of thiophene rings is 1. The van der Waals surface area contributed by atoms with Gasteiger partial charge in [0.2, 0.25) is 0 Å². The highest BCUT2D eigenvalue weighted by Gasteiger charge is 2.19. The highest BCUT2D eigenvalue weighted by Crippen LogP contribution is 2.23. The quantitative estimate of drug-likeness (QED) is 0.576. The average molecular weight is 380 g/mol. The van der Waals surface area contributed by atoms with Gasteiger partial charge in [0.25, 0.3) is 5.91 Å². The number of rotatable bonds is 7. The van der Waals surface area contributed by atoms with E-state index in [0.29, 0.717) is 14.9 Å². The van der Waals surface area contributed by atoms with Crippen molar-refractivity contribution < 1.29 is 19.1 Å². The standard InChI is InChI=1S/C18H18ClNO4S/c1-11-4-3-5-13(10-11)20-18(23)12(2)24-17(22)9-6-14(21)15-7-8-16(19)25-15/h3-5,7-8,10,12H,6,9H2,1-2H3,(H,20,23)/t12-/m1/s1. The minimum absolute atomic E-state index is 0.0158. The van der Waals surface area contributed by atoms with Crippen LogP contribution in [-0.2, 0) is 14.3 Å². The van der Waals surface area contributed by atoms with Crippen molar-refractivity contribution in [3.63, 3.8) is 0 Å². The van der Waals surface area contributed by atoms with Gasteiger partial charge in [-0.3, -0.25) is 14.4 Å². The Morgan fingerprint density at radius 2 is 1.96 bits per heavy atom. The van der Waals surface area contributed by atoms with E-state index in [1.54, 1.807) is 18.2 Å². The Bertz CT molecular complexity index is 787. The largest absolute Gasteiger partial charge is 0.453 e. The molecule has 1 amide bonds. The normalized spacial score (nSPS) is 11.6. The van der Waals surface area contributed by atoms with Crippen LogP contribution in [0.25, 0.3) is 0 Å². The van der Waals surface area contributed by atoms with Crippen molar-refractivity contribution in [1.82, 2.24) is 0 Å². The van der Waals surface area contributed by atoms with E-state index in [4.69, 9.17) is 16.3 Å². The SMILES string of the molecule is Cc1cccc(NC(=O)[C@@H](C)OC(=O)CCC(=O)c2ccc(Cl)s2)c1. The maximum absolute atomic E-state index is 12.1. The lowest BCUT2D eigenvalue weighted by molar-refractivity contribution is -0.153. The van der Waals surface area contributed by atoms with Crippen LogP contribution in [0.2, 0.25) is 4.34 Å². The van der Waals surface area contributed by atoms with Gasteiger partial charge in [-0.2, -0.15) is 0 Å². The van der Waals surface area contributed by atoms with Crippen molar-refractivity contribution in [2.45, 2.75) is 32.8 Å². The Morgan fingerprint density at radius 1 is 1.20 bits per heavy atom. The molecular weight excluding hydrogens is 362 g/mol. The fraction of sp³-hybridized carbons (Fsp3) is 0.278. The monoisotopic (exact) mass is 379 g/mol. The molecule has 1 aromatic heterocycles. The molecule has 0 spiro atoms. The molecule has 25 heavy (non-hydrogen) atoms. The lowest BCUT2D eigenvalue weighted by Crippen LogP contribution is -2.30. The number of amides is 1. The summed E-state index contributed by atoms with van der Waals surface area (Å²) in [6.45, 7) is 3.40. The molecular formula is C18H18ClNO4S. The Balaban J connectivity index is 1.79. The third kappa shape index (κ3) is 5.99. The van der Waals surface area contributed by atoms with Crippen LogP contribution < -0.4 is 5.32 Å². The van der Waals surface area contributed by atoms with E-state index in [1.807, 2.05) is 25.1 Å². The van der Waals surface area contributed by atoms with Crippen molar-refractivity contribution in [3.05, 3.63) is 51.2 Å². The molecule has 1 heterocycles. The second-order valence-electron chi connectivity index (χ2n) is 5.52. The second-order valence-corrected chi connectivity index (χ2v) is 7.23. The van der Waals surface area contributed by atoms with E-state index in [2.05, 4.69) is 5.32 Å². The third-order valence-electron chi connectivity index (χ3n) is 3.37. The first kappa shape index (κ1) is 19.1. The summed E-state index contributed by atoms with van der Waals surface area (Å²) in [5, 5.41) is 2.69. The Labute approximate surface area is 154 Å². The molecule has 2 aromatic rings. The van der Waals surface area contributed by atoms with E-state index >= 15 is 0 Å². The number of anilines is 1. The third-order valence-corrected chi connectivity index (χ3v) is 4.64. The molecule has 0 saturated heterocycles. The number of nitrogens with one attached hydrogen (secondary N) is 1. The highest BCUT2D eigenvalue weighted by molar-refractivity contribution is 7.18. The van der Waals surface area contributed by atoms with Gasteiger partial charge in [0.05, 0.1) is 15.6 Å². The van der Waals surface area contributed by atoms with Gasteiger partial charge in [0.15, 0.2) is 11.9 Å². The number of halogens is 1. The van der Waals surface area contributed by atoms with Gasteiger partial charge in [0.1, 0.15) is 0 Å². The lowest BCUT2D eigenvalue weighted by atomic mass is 10.2. The van der Waals surface area contributed by atoms with Crippen molar-refractivity contribution in [2.24, 2.45) is 0 Å². The molecule has 5 nitrogen and oxygen atoms in total. The number of carbonyl (C=O) groups excluding carboxylic acids is 3. The summed E-state index contributed by atoms with van der Waals surface area (Å²) in [6.07, 6.45) is -1.02. The van der Waals surface area contributed by atoms with Crippen LogP contribution in [0.3, 0.4) is 0 Å². The van der Waals surface area contributed by atoms with Crippen LogP contribution >= 0.6 is 22.9 Å². The topological polar surface area (TPSA) is 72.5 Å². The zero-order chi connectivity index (χ0) is 18.4. The van der Waals surface area contributed by atoms with Crippen molar-refractivity contribution in [3.8, 4) is 0 Å². The summed E-state index contributed by atoms with van der Waals surface area (Å²) in [7, 11) is 0. The van der Waals surface area contributed by atoms with E-state index in [0.717, 1.165) is 5.56 Å². The zero-order valence-corrected chi connectivity index (χ0v) is 15.4. The fourth-order valence-electron chi connectivity index (χ4n) is 2.08. The van der Waals surface area contributed by atoms with Gasteiger partial charge in [-0.05, 0) is 43.7 Å². The first-order valence-corrected chi connectivity index (χ1v) is 8.90. The van der Waals surface area contributed by atoms with Crippen LogP contribution in [0.5, 0.6) is 0 Å². The Hall–Kier alpha value is -2.18. The predicted molar refractivity (Wildman–Crippen MR) is 98.3 cm³/mol. The van der Waals surface area contributed by atoms with Crippen molar-refractivity contribution >= 4 is 46.3 Å². The summed E-state index contributed by atoms with van der Waals surface area (Å²) in [4.78, 5) is 36.3. The van der Waals surface area contributed by atoms with Gasteiger partial charge in [-0.25, -0.2) is 0 Å². The molecule has 0 unspecified atom stereocenters. The Kier molecular flexibility index (Phi) is 6.73. The van der Waals surface area contributed by atoms with Crippen molar-refractivity contribution in [1.29, 1.82) is 0 Å². The van der Waals surface area contributed by atoms with E-state index in [-0.39, 0.29) is 18.6 Å². The molecule has 0 aliphatic carbocycles.